The van der Waals surface area contributed by atoms with Gasteiger partial charge in [-0.1, -0.05) is 51.4 Å². The molecule has 1 amide bonds. The van der Waals surface area contributed by atoms with E-state index in [1.165, 1.54) is 51.4 Å². The number of alkyl halides is 1. The van der Waals surface area contributed by atoms with Gasteiger partial charge in [0, 0.05) is 12.3 Å². The number of hydrogen-bond acceptors (Lipinski definition) is 1. The van der Waals surface area contributed by atoms with E-state index in [0.29, 0.717) is 12.3 Å². The molecule has 0 aromatic carbocycles. The summed E-state index contributed by atoms with van der Waals surface area (Å²) in [4.78, 5) is 12.1. The lowest BCUT2D eigenvalue weighted by Crippen LogP contribution is -2.51. The van der Waals surface area contributed by atoms with Gasteiger partial charge in [-0.05, 0) is 25.2 Å². The Hall–Kier alpha value is -0.240. The van der Waals surface area contributed by atoms with Gasteiger partial charge in [0.25, 0.3) is 0 Å². The zero-order valence-corrected chi connectivity index (χ0v) is 12.8. The maximum atomic E-state index is 12.1. The highest BCUT2D eigenvalue weighted by Crippen LogP contribution is 2.30. The van der Waals surface area contributed by atoms with Crippen LogP contribution in [0.5, 0.6) is 0 Å². The SMILES string of the molecule is O=C(CCC1CCCCC1)NC1(CCl)CCCCC1. The Morgan fingerprint density at radius 1 is 1.05 bits per heavy atom. The van der Waals surface area contributed by atoms with Crippen molar-refractivity contribution in [2.24, 2.45) is 5.92 Å². The van der Waals surface area contributed by atoms with E-state index in [0.717, 1.165) is 25.2 Å². The topological polar surface area (TPSA) is 29.1 Å². The summed E-state index contributed by atoms with van der Waals surface area (Å²) >= 11 is 6.12. The van der Waals surface area contributed by atoms with Crippen molar-refractivity contribution >= 4 is 17.5 Å². The fraction of sp³-hybridized carbons (Fsp3) is 0.938. The minimum Gasteiger partial charge on any atom is -0.349 e. The molecule has 2 aliphatic rings. The summed E-state index contributed by atoms with van der Waals surface area (Å²) in [5.74, 6) is 1.59. The second-order valence-electron chi connectivity index (χ2n) is 6.57. The van der Waals surface area contributed by atoms with E-state index in [2.05, 4.69) is 5.32 Å². The largest absolute Gasteiger partial charge is 0.349 e. The van der Waals surface area contributed by atoms with Gasteiger partial charge in [0.15, 0.2) is 0 Å². The van der Waals surface area contributed by atoms with E-state index in [4.69, 9.17) is 11.6 Å². The predicted molar refractivity (Wildman–Crippen MR) is 80.5 cm³/mol. The van der Waals surface area contributed by atoms with E-state index >= 15 is 0 Å². The molecule has 0 spiro atoms. The first-order chi connectivity index (χ1) is 9.24. The molecule has 19 heavy (non-hydrogen) atoms. The van der Waals surface area contributed by atoms with Crippen molar-refractivity contribution in [1.29, 1.82) is 0 Å². The number of halogens is 1. The van der Waals surface area contributed by atoms with E-state index < -0.39 is 0 Å². The standard InChI is InChI=1S/C16H28ClNO/c17-13-16(11-5-2-6-12-16)18-15(19)10-9-14-7-3-1-4-8-14/h14H,1-13H2,(H,18,19). The van der Waals surface area contributed by atoms with Crippen LogP contribution in [0.3, 0.4) is 0 Å². The lowest BCUT2D eigenvalue weighted by molar-refractivity contribution is -0.123. The fourth-order valence-corrected chi connectivity index (χ4v) is 4.02. The van der Waals surface area contributed by atoms with E-state index in [1.807, 2.05) is 0 Å². The highest BCUT2D eigenvalue weighted by atomic mass is 35.5. The summed E-state index contributed by atoms with van der Waals surface area (Å²) in [6.45, 7) is 0. The number of carbonyl (C=O) groups excluding carboxylic acids is 1. The van der Waals surface area contributed by atoms with Crippen molar-refractivity contribution < 1.29 is 4.79 Å². The zero-order valence-electron chi connectivity index (χ0n) is 12.1. The molecule has 110 valence electrons. The number of carbonyl (C=O) groups is 1. The van der Waals surface area contributed by atoms with Crippen molar-refractivity contribution in [3.8, 4) is 0 Å². The molecular weight excluding hydrogens is 258 g/mol. The van der Waals surface area contributed by atoms with Crippen LogP contribution in [0.25, 0.3) is 0 Å². The molecule has 0 aliphatic heterocycles. The van der Waals surface area contributed by atoms with Gasteiger partial charge in [-0.3, -0.25) is 4.79 Å². The number of nitrogens with one attached hydrogen (secondary N) is 1. The molecule has 2 aliphatic carbocycles. The van der Waals surface area contributed by atoms with Crippen LogP contribution in [-0.4, -0.2) is 17.3 Å². The Kier molecular flexibility index (Phi) is 6.00. The molecule has 2 saturated carbocycles. The van der Waals surface area contributed by atoms with Gasteiger partial charge in [0.1, 0.15) is 0 Å². The Bertz CT molecular complexity index is 280. The average Bonchev–Trinajstić information content (AvgIpc) is 2.47. The third-order valence-electron chi connectivity index (χ3n) is 4.98. The molecule has 0 unspecified atom stereocenters. The van der Waals surface area contributed by atoms with Gasteiger partial charge in [0.2, 0.25) is 5.91 Å². The molecule has 2 nitrogen and oxygen atoms in total. The molecule has 0 aromatic heterocycles. The van der Waals surface area contributed by atoms with Crippen molar-refractivity contribution in [3.05, 3.63) is 0 Å². The summed E-state index contributed by atoms with van der Waals surface area (Å²) in [7, 11) is 0. The van der Waals surface area contributed by atoms with Crippen LogP contribution in [0, 0.1) is 5.92 Å². The normalized spacial score (nSPS) is 24.1. The molecule has 2 fully saturated rings. The Balaban J connectivity index is 1.72. The van der Waals surface area contributed by atoms with Crippen molar-refractivity contribution in [2.75, 3.05) is 5.88 Å². The summed E-state index contributed by atoms with van der Waals surface area (Å²) < 4.78 is 0. The summed E-state index contributed by atoms with van der Waals surface area (Å²) in [5, 5.41) is 3.25. The molecule has 0 bridgehead atoms. The lowest BCUT2D eigenvalue weighted by Gasteiger charge is -2.36. The second kappa shape index (κ2) is 7.52. The predicted octanol–water partition coefficient (Wildman–Crippen LogP) is 4.40. The Labute approximate surface area is 122 Å². The first kappa shape index (κ1) is 15.2. The monoisotopic (exact) mass is 285 g/mol. The smallest absolute Gasteiger partial charge is 0.220 e. The van der Waals surface area contributed by atoms with Gasteiger partial charge in [-0.15, -0.1) is 11.6 Å². The number of amides is 1. The third kappa shape index (κ3) is 4.66. The molecule has 2 rings (SSSR count). The highest BCUT2D eigenvalue weighted by Gasteiger charge is 2.32. The Morgan fingerprint density at radius 3 is 2.32 bits per heavy atom. The van der Waals surface area contributed by atoms with E-state index in [-0.39, 0.29) is 11.4 Å². The number of hydrogen-bond donors (Lipinski definition) is 1. The third-order valence-corrected chi connectivity index (χ3v) is 5.49. The summed E-state index contributed by atoms with van der Waals surface area (Å²) in [5.41, 5.74) is -0.0938. The summed E-state index contributed by atoms with van der Waals surface area (Å²) in [6, 6.07) is 0. The van der Waals surface area contributed by atoms with Gasteiger partial charge in [-0.2, -0.15) is 0 Å². The molecule has 0 atom stereocenters. The van der Waals surface area contributed by atoms with E-state index in [9.17, 15) is 4.79 Å². The van der Waals surface area contributed by atoms with Gasteiger partial charge in [-0.25, -0.2) is 0 Å². The second-order valence-corrected chi connectivity index (χ2v) is 6.83. The Morgan fingerprint density at radius 2 is 1.68 bits per heavy atom. The van der Waals surface area contributed by atoms with Crippen LogP contribution in [0.4, 0.5) is 0 Å². The maximum Gasteiger partial charge on any atom is 0.220 e. The van der Waals surface area contributed by atoms with Crippen molar-refractivity contribution in [3.63, 3.8) is 0 Å². The molecule has 0 aromatic rings. The van der Waals surface area contributed by atoms with Crippen LogP contribution >= 0.6 is 11.6 Å². The minimum absolute atomic E-state index is 0.0938. The molecule has 0 radical (unpaired) electrons. The van der Waals surface area contributed by atoms with Crippen molar-refractivity contribution in [1.82, 2.24) is 5.32 Å². The van der Waals surface area contributed by atoms with Gasteiger partial charge >= 0.3 is 0 Å². The molecule has 3 heteroatoms. The van der Waals surface area contributed by atoms with Crippen LogP contribution in [0.2, 0.25) is 0 Å². The summed E-state index contributed by atoms with van der Waals surface area (Å²) in [6.07, 6.45) is 14.3. The van der Waals surface area contributed by atoms with Gasteiger partial charge in [0.05, 0.1) is 5.54 Å². The lowest BCUT2D eigenvalue weighted by atomic mass is 9.82. The molecule has 0 saturated heterocycles. The van der Waals surface area contributed by atoms with Crippen LogP contribution in [-0.2, 0) is 4.79 Å². The minimum atomic E-state index is -0.0938. The fourth-order valence-electron chi connectivity index (χ4n) is 3.69. The van der Waals surface area contributed by atoms with Gasteiger partial charge < -0.3 is 5.32 Å². The van der Waals surface area contributed by atoms with Crippen LogP contribution in [0.15, 0.2) is 0 Å². The highest BCUT2D eigenvalue weighted by molar-refractivity contribution is 6.18. The van der Waals surface area contributed by atoms with Crippen LogP contribution < -0.4 is 5.32 Å². The zero-order chi connectivity index (χ0) is 13.6. The molecular formula is C16H28ClNO. The first-order valence-corrected chi connectivity index (χ1v) is 8.64. The molecule has 1 N–H and O–H groups in total. The van der Waals surface area contributed by atoms with E-state index in [1.54, 1.807) is 0 Å². The maximum absolute atomic E-state index is 12.1. The quantitative estimate of drug-likeness (QED) is 0.745. The van der Waals surface area contributed by atoms with Crippen LogP contribution in [0.1, 0.15) is 77.0 Å². The van der Waals surface area contributed by atoms with Crippen molar-refractivity contribution in [2.45, 2.75) is 82.6 Å². The first-order valence-electron chi connectivity index (χ1n) is 8.11. The number of rotatable bonds is 5. The average molecular weight is 286 g/mol. The molecule has 0 heterocycles.